The molecule has 2 aromatic rings. The SMILES string of the molecule is COc1ccc(C(C)(C)C)cc1NC(=O)CN1C(=O)c2cccc([N+](=O)[O-])c2C1=O. The monoisotopic (exact) mass is 411 g/mol. The normalized spacial score (nSPS) is 13.3. The molecule has 1 N–H and O–H groups in total. The molecule has 156 valence electrons. The summed E-state index contributed by atoms with van der Waals surface area (Å²) in [6.45, 7) is 5.48. The minimum Gasteiger partial charge on any atom is -0.495 e. The molecule has 0 atom stereocenters. The molecule has 2 aromatic carbocycles. The van der Waals surface area contributed by atoms with Gasteiger partial charge in [0.2, 0.25) is 5.91 Å². The van der Waals surface area contributed by atoms with Gasteiger partial charge in [0.1, 0.15) is 17.9 Å². The van der Waals surface area contributed by atoms with Gasteiger partial charge < -0.3 is 10.1 Å². The molecule has 0 unspecified atom stereocenters. The number of nitrogens with zero attached hydrogens (tertiary/aromatic N) is 2. The van der Waals surface area contributed by atoms with E-state index in [4.69, 9.17) is 4.74 Å². The third-order valence-electron chi connectivity index (χ3n) is 4.82. The van der Waals surface area contributed by atoms with Crippen LogP contribution in [-0.2, 0) is 10.2 Å². The fourth-order valence-corrected chi connectivity index (χ4v) is 3.22. The van der Waals surface area contributed by atoms with Crippen molar-refractivity contribution < 1.29 is 24.0 Å². The summed E-state index contributed by atoms with van der Waals surface area (Å²) < 4.78 is 5.28. The van der Waals surface area contributed by atoms with Crippen LogP contribution in [0.2, 0.25) is 0 Å². The smallest absolute Gasteiger partial charge is 0.282 e. The summed E-state index contributed by atoms with van der Waals surface area (Å²) in [4.78, 5) is 49.0. The van der Waals surface area contributed by atoms with E-state index < -0.39 is 34.9 Å². The predicted molar refractivity (Wildman–Crippen MR) is 109 cm³/mol. The number of nitro benzene ring substituents is 1. The lowest BCUT2D eigenvalue weighted by molar-refractivity contribution is -0.385. The highest BCUT2D eigenvalue weighted by Crippen LogP contribution is 2.33. The molecule has 0 fully saturated rings. The van der Waals surface area contributed by atoms with Crippen LogP contribution in [0.4, 0.5) is 11.4 Å². The highest BCUT2D eigenvalue weighted by molar-refractivity contribution is 6.24. The Morgan fingerprint density at radius 2 is 1.87 bits per heavy atom. The molecule has 1 heterocycles. The second kappa shape index (κ2) is 7.58. The third-order valence-corrected chi connectivity index (χ3v) is 4.82. The Hall–Kier alpha value is -3.75. The standard InChI is InChI=1S/C21H21N3O6/c1-21(2,3)12-8-9-16(30-4)14(10-12)22-17(25)11-23-19(26)13-6-5-7-15(24(28)29)18(13)20(23)27/h5-10H,11H2,1-4H3,(H,22,25). The maximum Gasteiger partial charge on any atom is 0.282 e. The highest BCUT2D eigenvalue weighted by atomic mass is 16.6. The molecule has 9 nitrogen and oxygen atoms in total. The van der Waals surface area contributed by atoms with Gasteiger partial charge in [-0.1, -0.05) is 32.9 Å². The number of carbonyl (C=O) groups excluding carboxylic acids is 3. The van der Waals surface area contributed by atoms with Gasteiger partial charge in [-0.15, -0.1) is 0 Å². The number of rotatable bonds is 5. The van der Waals surface area contributed by atoms with E-state index in [0.717, 1.165) is 11.6 Å². The zero-order valence-corrected chi connectivity index (χ0v) is 17.0. The van der Waals surface area contributed by atoms with E-state index >= 15 is 0 Å². The van der Waals surface area contributed by atoms with E-state index in [1.165, 1.54) is 19.2 Å². The van der Waals surface area contributed by atoms with Crippen LogP contribution in [0, 0.1) is 10.1 Å². The molecule has 0 radical (unpaired) electrons. The van der Waals surface area contributed by atoms with Gasteiger partial charge in [0.05, 0.1) is 23.3 Å². The molecule has 1 aliphatic heterocycles. The van der Waals surface area contributed by atoms with Gasteiger partial charge in [-0.05, 0) is 29.2 Å². The fourth-order valence-electron chi connectivity index (χ4n) is 3.22. The number of hydrogen-bond acceptors (Lipinski definition) is 6. The largest absolute Gasteiger partial charge is 0.495 e. The van der Waals surface area contributed by atoms with Crippen molar-refractivity contribution in [2.24, 2.45) is 0 Å². The quantitative estimate of drug-likeness (QED) is 0.459. The van der Waals surface area contributed by atoms with Crippen LogP contribution in [0.3, 0.4) is 0 Å². The van der Waals surface area contributed by atoms with Gasteiger partial charge >= 0.3 is 0 Å². The number of fused-ring (bicyclic) bond motifs is 1. The first-order valence-corrected chi connectivity index (χ1v) is 9.16. The molecule has 3 amide bonds. The molecule has 9 heteroatoms. The first kappa shape index (κ1) is 21.0. The second-order valence-electron chi connectivity index (χ2n) is 7.87. The van der Waals surface area contributed by atoms with E-state index in [1.807, 2.05) is 26.8 Å². The number of benzene rings is 2. The van der Waals surface area contributed by atoms with Gasteiger partial charge in [0.25, 0.3) is 17.5 Å². The van der Waals surface area contributed by atoms with Crippen molar-refractivity contribution in [2.75, 3.05) is 19.0 Å². The minimum absolute atomic E-state index is 0.0886. The Kier molecular flexibility index (Phi) is 5.30. The molecule has 0 aliphatic carbocycles. The fraction of sp³-hybridized carbons (Fsp3) is 0.286. The summed E-state index contributed by atoms with van der Waals surface area (Å²) in [5, 5.41) is 13.9. The molecule has 30 heavy (non-hydrogen) atoms. The summed E-state index contributed by atoms with van der Waals surface area (Å²) >= 11 is 0. The number of nitrogens with one attached hydrogen (secondary N) is 1. The summed E-state index contributed by atoms with van der Waals surface area (Å²) in [6.07, 6.45) is 0. The molecular weight excluding hydrogens is 390 g/mol. The lowest BCUT2D eigenvalue weighted by atomic mass is 9.87. The Morgan fingerprint density at radius 3 is 2.47 bits per heavy atom. The molecule has 0 saturated carbocycles. The molecule has 3 rings (SSSR count). The van der Waals surface area contributed by atoms with Crippen LogP contribution in [-0.4, -0.2) is 41.2 Å². The number of anilines is 1. The van der Waals surface area contributed by atoms with Crippen LogP contribution < -0.4 is 10.1 Å². The molecule has 0 bridgehead atoms. The van der Waals surface area contributed by atoms with Gasteiger partial charge in [-0.3, -0.25) is 29.4 Å². The summed E-state index contributed by atoms with van der Waals surface area (Å²) in [5.74, 6) is -1.82. The maximum absolute atomic E-state index is 12.6. The van der Waals surface area contributed by atoms with Crippen LogP contribution >= 0.6 is 0 Å². The van der Waals surface area contributed by atoms with Crippen molar-refractivity contribution in [1.82, 2.24) is 4.90 Å². The maximum atomic E-state index is 12.6. The number of amides is 3. The number of ether oxygens (including phenoxy) is 1. The van der Waals surface area contributed by atoms with E-state index in [9.17, 15) is 24.5 Å². The van der Waals surface area contributed by atoms with Gasteiger partial charge in [0.15, 0.2) is 0 Å². The Morgan fingerprint density at radius 1 is 1.17 bits per heavy atom. The van der Waals surface area contributed by atoms with Crippen molar-refractivity contribution in [3.63, 3.8) is 0 Å². The predicted octanol–water partition coefficient (Wildman–Crippen LogP) is 3.14. The van der Waals surface area contributed by atoms with Crippen molar-refractivity contribution in [3.05, 3.63) is 63.2 Å². The third kappa shape index (κ3) is 3.73. The lowest BCUT2D eigenvalue weighted by Crippen LogP contribution is -2.37. The second-order valence-corrected chi connectivity index (χ2v) is 7.87. The lowest BCUT2D eigenvalue weighted by Gasteiger charge is -2.21. The van der Waals surface area contributed by atoms with E-state index in [1.54, 1.807) is 12.1 Å². The van der Waals surface area contributed by atoms with E-state index in [2.05, 4.69) is 5.32 Å². The molecule has 0 aromatic heterocycles. The average molecular weight is 411 g/mol. The molecule has 0 spiro atoms. The molecule has 0 saturated heterocycles. The topological polar surface area (TPSA) is 119 Å². The number of imide groups is 1. The van der Waals surface area contributed by atoms with Gasteiger partial charge in [-0.2, -0.15) is 0 Å². The van der Waals surface area contributed by atoms with Crippen molar-refractivity contribution in [3.8, 4) is 5.75 Å². The summed E-state index contributed by atoms with van der Waals surface area (Å²) in [7, 11) is 1.46. The summed E-state index contributed by atoms with van der Waals surface area (Å²) in [6, 6.07) is 9.19. The van der Waals surface area contributed by atoms with Gasteiger partial charge in [0, 0.05) is 6.07 Å². The van der Waals surface area contributed by atoms with Crippen molar-refractivity contribution in [1.29, 1.82) is 0 Å². The summed E-state index contributed by atoms with van der Waals surface area (Å²) in [5.41, 5.74) is 0.329. The zero-order valence-electron chi connectivity index (χ0n) is 17.0. The van der Waals surface area contributed by atoms with Crippen LogP contribution in [0.15, 0.2) is 36.4 Å². The van der Waals surface area contributed by atoms with E-state index in [0.29, 0.717) is 16.3 Å². The minimum atomic E-state index is -0.868. The highest BCUT2D eigenvalue weighted by Gasteiger charge is 2.41. The van der Waals surface area contributed by atoms with Crippen LogP contribution in [0.1, 0.15) is 47.1 Å². The first-order chi connectivity index (χ1) is 14.0. The Balaban J connectivity index is 1.84. The number of hydrogen-bond donors (Lipinski definition) is 1. The molecule has 1 aliphatic rings. The zero-order chi connectivity index (χ0) is 22.2. The number of nitro groups is 1. The first-order valence-electron chi connectivity index (χ1n) is 9.16. The van der Waals surface area contributed by atoms with Crippen LogP contribution in [0.5, 0.6) is 5.75 Å². The van der Waals surface area contributed by atoms with Crippen molar-refractivity contribution >= 4 is 29.1 Å². The number of carbonyl (C=O) groups is 3. The van der Waals surface area contributed by atoms with Gasteiger partial charge in [-0.25, -0.2) is 0 Å². The number of methoxy groups -OCH3 is 1. The molecular formula is C21H21N3O6. The average Bonchev–Trinajstić information content (AvgIpc) is 2.92. The van der Waals surface area contributed by atoms with Crippen LogP contribution in [0.25, 0.3) is 0 Å². The van der Waals surface area contributed by atoms with E-state index in [-0.39, 0.29) is 16.5 Å². The van der Waals surface area contributed by atoms with Crippen molar-refractivity contribution in [2.45, 2.75) is 26.2 Å². The Labute approximate surface area is 172 Å². The Bertz CT molecular complexity index is 1070.